The molecule has 1 aliphatic heterocycles. The van der Waals surface area contributed by atoms with Crippen molar-refractivity contribution < 1.29 is 14.4 Å². The van der Waals surface area contributed by atoms with Crippen LogP contribution >= 0.6 is 0 Å². The fourth-order valence-corrected chi connectivity index (χ4v) is 1.86. The Kier molecular flexibility index (Phi) is 4.94. The number of hydrogen-bond donors (Lipinski definition) is 3. The molecule has 102 valence electrons. The zero-order chi connectivity index (χ0) is 13.7. The Hall–Kier alpha value is -1.79. The smallest absolute Gasteiger partial charge is 0.312 e. The summed E-state index contributed by atoms with van der Waals surface area (Å²) in [6, 6.07) is -1.39. The van der Waals surface area contributed by atoms with Gasteiger partial charge in [-0.15, -0.1) is 0 Å². The van der Waals surface area contributed by atoms with Crippen LogP contribution in [0, 0.1) is 5.92 Å². The number of carbonyl (C=O) groups excluding carboxylic acids is 3. The second-order valence-corrected chi connectivity index (χ2v) is 4.48. The van der Waals surface area contributed by atoms with Crippen LogP contribution in [0.4, 0.5) is 4.79 Å². The third-order valence-corrected chi connectivity index (χ3v) is 3.13. The summed E-state index contributed by atoms with van der Waals surface area (Å²) < 4.78 is 0. The van der Waals surface area contributed by atoms with Crippen molar-refractivity contribution in [2.45, 2.75) is 26.3 Å². The van der Waals surface area contributed by atoms with E-state index in [9.17, 15) is 14.4 Å². The van der Waals surface area contributed by atoms with E-state index in [2.05, 4.69) is 10.6 Å². The van der Waals surface area contributed by atoms with Gasteiger partial charge in [0.1, 0.15) is 6.04 Å². The summed E-state index contributed by atoms with van der Waals surface area (Å²) in [5.41, 5.74) is 5.08. The van der Waals surface area contributed by atoms with Crippen LogP contribution in [0.1, 0.15) is 20.3 Å². The van der Waals surface area contributed by atoms with Crippen molar-refractivity contribution in [3.05, 3.63) is 0 Å². The Balaban J connectivity index is 2.74. The van der Waals surface area contributed by atoms with Gasteiger partial charge in [-0.3, -0.25) is 9.59 Å². The van der Waals surface area contributed by atoms with E-state index in [-0.39, 0.29) is 24.3 Å². The lowest BCUT2D eigenvalue weighted by molar-refractivity contribution is -0.140. The second kappa shape index (κ2) is 6.23. The van der Waals surface area contributed by atoms with Crippen LogP contribution in [0.15, 0.2) is 0 Å². The summed E-state index contributed by atoms with van der Waals surface area (Å²) in [5, 5.41) is 5.10. The van der Waals surface area contributed by atoms with E-state index in [1.165, 1.54) is 4.90 Å². The molecule has 0 spiro atoms. The summed E-state index contributed by atoms with van der Waals surface area (Å²) in [4.78, 5) is 35.9. The minimum Gasteiger partial charge on any atom is -0.353 e. The molecule has 4 amide bonds. The molecule has 0 aromatic heterocycles. The minimum atomic E-state index is -0.727. The molecule has 1 aliphatic rings. The number of amides is 4. The molecule has 1 saturated heterocycles. The Bertz CT molecular complexity index is 345. The fraction of sp³-hybridized carbons (Fsp3) is 0.727. The maximum Gasteiger partial charge on any atom is 0.312 e. The molecule has 0 aromatic carbocycles. The van der Waals surface area contributed by atoms with Gasteiger partial charge < -0.3 is 21.3 Å². The zero-order valence-corrected chi connectivity index (χ0v) is 10.7. The Labute approximate surface area is 106 Å². The SMILES string of the molecule is CC[C@@H](C)[C@@H](NC(N)=O)C(=O)N1CCNC(=O)C1. The van der Waals surface area contributed by atoms with Crippen molar-refractivity contribution in [1.82, 2.24) is 15.5 Å². The van der Waals surface area contributed by atoms with Crippen LogP contribution in [0.3, 0.4) is 0 Å². The molecule has 0 radical (unpaired) electrons. The molecule has 7 heteroatoms. The van der Waals surface area contributed by atoms with E-state index in [0.29, 0.717) is 13.1 Å². The largest absolute Gasteiger partial charge is 0.353 e. The number of urea groups is 1. The van der Waals surface area contributed by atoms with Gasteiger partial charge in [-0.05, 0) is 5.92 Å². The van der Waals surface area contributed by atoms with Crippen LogP contribution < -0.4 is 16.4 Å². The number of nitrogens with two attached hydrogens (primary N) is 1. The van der Waals surface area contributed by atoms with E-state index in [1.54, 1.807) is 0 Å². The second-order valence-electron chi connectivity index (χ2n) is 4.48. The van der Waals surface area contributed by atoms with E-state index in [0.717, 1.165) is 6.42 Å². The molecule has 1 heterocycles. The molecule has 0 bridgehead atoms. The van der Waals surface area contributed by atoms with Crippen molar-refractivity contribution in [2.75, 3.05) is 19.6 Å². The van der Waals surface area contributed by atoms with Gasteiger partial charge in [-0.25, -0.2) is 4.79 Å². The summed E-state index contributed by atoms with van der Waals surface area (Å²) in [7, 11) is 0. The Morgan fingerprint density at radius 1 is 1.56 bits per heavy atom. The molecule has 0 unspecified atom stereocenters. The maximum absolute atomic E-state index is 12.3. The molecule has 7 nitrogen and oxygen atoms in total. The van der Waals surface area contributed by atoms with Crippen molar-refractivity contribution in [2.24, 2.45) is 11.7 Å². The van der Waals surface area contributed by atoms with Crippen LogP contribution in [0.25, 0.3) is 0 Å². The first-order chi connectivity index (χ1) is 8.45. The average molecular weight is 256 g/mol. The number of hydrogen-bond acceptors (Lipinski definition) is 3. The number of carbonyl (C=O) groups is 3. The van der Waals surface area contributed by atoms with Gasteiger partial charge in [-0.1, -0.05) is 20.3 Å². The predicted octanol–water partition coefficient (Wildman–Crippen LogP) is -0.972. The van der Waals surface area contributed by atoms with Gasteiger partial charge in [-0.2, -0.15) is 0 Å². The van der Waals surface area contributed by atoms with Gasteiger partial charge in [0.15, 0.2) is 0 Å². The monoisotopic (exact) mass is 256 g/mol. The third-order valence-electron chi connectivity index (χ3n) is 3.13. The number of nitrogens with zero attached hydrogens (tertiary/aromatic N) is 1. The average Bonchev–Trinajstić information content (AvgIpc) is 2.34. The molecule has 0 saturated carbocycles. The first kappa shape index (κ1) is 14.3. The Morgan fingerprint density at radius 2 is 2.22 bits per heavy atom. The van der Waals surface area contributed by atoms with Crippen LogP contribution in [0.2, 0.25) is 0 Å². The van der Waals surface area contributed by atoms with E-state index >= 15 is 0 Å². The van der Waals surface area contributed by atoms with Crippen molar-refractivity contribution in [1.29, 1.82) is 0 Å². The first-order valence-corrected chi connectivity index (χ1v) is 6.07. The van der Waals surface area contributed by atoms with E-state index < -0.39 is 12.1 Å². The van der Waals surface area contributed by atoms with Gasteiger partial charge in [0.2, 0.25) is 11.8 Å². The topological polar surface area (TPSA) is 105 Å². The molecule has 18 heavy (non-hydrogen) atoms. The summed E-state index contributed by atoms with van der Waals surface area (Å²) in [6.07, 6.45) is 0.733. The normalized spacial score (nSPS) is 18.8. The lowest BCUT2D eigenvalue weighted by Gasteiger charge is -2.32. The molecular formula is C11H20N4O3. The van der Waals surface area contributed by atoms with Gasteiger partial charge in [0.25, 0.3) is 0 Å². The molecule has 4 N–H and O–H groups in total. The number of primary amides is 1. The lowest BCUT2D eigenvalue weighted by Crippen LogP contribution is -2.58. The third kappa shape index (κ3) is 3.61. The predicted molar refractivity (Wildman–Crippen MR) is 65.6 cm³/mol. The van der Waals surface area contributed by atoms with Crippen LogP contribution in [0.5, 0.6) is 0 Å². The van der Waals surface area contributed by atoms with Gasteiger partial charge >= 0.3 is 6.03 Å². The van der Waals surface area contributed by atoms with Crippen molar-refractivity contribution >= 4 is 17.8 Å². The zero-order valence-electron chi connectivity index (χ0n) is 10.7. The van der Waals surface area contributed by atoms with E-state index in [1.807, 2.05) is 13.8 Å². The molecule has 1 fully saturated rings. The number of piperazine rings is 1. The van der Waals surface area contributed by atoms with Crippen molar-refractivity contribution in [3.8, 4) is 0 Å². The summed E-state index contributed by atoms with van der Waals surface area (Å²) >= 11 is 0. The lowest BCUT2D eigenvalue weighted by atomic mass is 9.97. The van der Waals surface area contributed by atoms with Crippen molar-refractivity contribution in [3.63, 3.8) is 0 Å². The summed E-state index contributed by atoms with van der Waals surface area (Å²) in [6.45, 7) is 4.72. The fourth-order valence-electron chi connectivity index (χ4n) is 1.86. The molecule has 0 aliphatic carbocycles. The molecule has 2 atom stereocenters. The highest BCUT2D eigenvalue weighted by molar-refractivity contribution is 5.90. The highest BCUT2D eigenvalue weighted by Gasteiger charge is 2.31. The van der Waals surface area contributed by atoms with Gasteiger partial charge in [0.05, 0.1) is 6.54 Å². The van der Waals surface area contributed by atoms with Crippen LogP contribution in [-0.2, 0) is 9.59 Å². The van der Waals surface area contributed by atoms with E-state index in [4.69, 9.17) is 5.73 Å². The highest BCUT2D eigenvalue weighted by Crippen LogP contribution is 2.11. The summed E-state index contributed by atoms with van der Waals surface area (Å²) in [5.74, 6) is -0.468. The first-order valence-electron chi connectivity index (χ1n) is 6.07. The molecule has 1 rings (SSSR count). The number of nitrogens with one attached hydrogen (secondary N) is 2. The van der Waals surface area contributed by atoms with Gasteiger partial charge in [0, 0.05) is 13.1 Å². The standard InChI is InChI=1S/C11H20N4O3/c1-3-7(2)9(14-11(12)18)10(17)15-5-4-13-8(16)6-15/h7,9H,3-6H2,1-2H3,(H,13,16)(H3,12,14,18)/t7-,9-/m1/s1. The van der Waals surface area contributed by atoms with Crippen LogP contribution in [-0.4, -0.2) is 48.4 Å². The highest BCUT2D eigenvalue weighted by atomic mass is 16.2. The minimum absolute atomic E-state index is 0.0324. The number of rotatable bonds is 4. The Morgan fingerprint density at radius 3 is 2.72 bits per heavy atom. The maximum atomic E-state index is 12.3. The molecular weight excluding hydrogens is 236 g/mol. The quantitative estimate of drug-likeness (QED) is 0.602. The molecule has 0 aromatic rings.